The first kappa shape index (κ1) is 22.2. The lowest BCUT2D eigenvalue weighted by Gasteiger charge is -2.09. The largest absolute Gasteiger partial charge is 0.493 e. The van der Waals surface area contributed by atoms with Crippen molar-refractivity contribution in [3.63, 3.8) is 0 Å². The van der Waals surface area contributed by atoms with E-state index in [0.29, 0.717) is 17.3 Å². The van der Waals surface area contributed by atoms with Crippen LogP contribution in [0.25, 0.3) is 27.6 Å². The van der Waals surface area contributed by atoms with Crippen LogP contribution in [0.15, 0.2) is 75.8 Å². The van der Waals surface area contributed by atoms with Gasteiger partial charge in [-0.25, -0.2) is 4.98 Å². The summed E-state index contributed by atoms with van der Waals surface area (Å²) in [5, 5.41) is 12.8. The standard InChI is InChI=1S/C25H22N4O3S2/c1-16-20(11-12-32-16)23-27-28-25(29(23)19-7-5-4-6-8-19)34-15-18-14-33-24(26-18)17-9-10-21(30-2)22(13-17)31-3/h4-14H,15H2,1-3H3. The van der Waals surface area contributed by atoms with Gasteiger partial charge in [-0.15, -0.1) is 21.5 Å². The fourth-order valence-electron chi connectivity index (χ4n) is 3.58. The van der Waals surface area contributed by atoms with Gasteiger partial charge in [0.1, 0.15) is 10.8 Å². The third kappa shape index (κ3) is 4.32. The third-order valence-corrected chi connectivity index (χ3v) is 7.18. The number of aromatic nitrogens is 4. The predicted molar refractivity (Wildman–Crippen MR) is 134 cm³/mol. The molecule has 0 spiro atoms. The van der Waals surface area contributed by atoms with Crippen molar-refractivity contribution in [2.75, 3.05) is 14.2 Å². The lowest BCUT2D eigenvalue weighted by molar-refractivity contribution is 0.355. The van der Waals surface area contributed by atoms with E-state index in [1.54, 1.807) is 43.6 Å². The van der Waals surface area contributed by atoms with Crippen molar-refractivity contribution in [1.29, 1.82) is 0 Å². The summed E-state index contributed by atoms with van der Waals surface area (Å²) < 4.78 is 18.3. The highest BCUT2D eigenvalue weighted by Crippen LogP contribution is 2.35. The van der Waals surface area contributed by atoms with Crippen LogP contribution in [0.3, 0.4) is 0 Å². The summed E-state index contributed by atoms with van der Waals surface area (Å²) >= 11 is 3.20. The second kappa shape index (κ2) is 9.74. The van der Waals surface area contributed by atoms with E-state index in [1.165, 1.54) is 0 Å². The van der Waals surface area contributed by atoms with Gasteiger partial charge < -0.3 is 13.9 Å². The number of hydrogen-bond donors (Lipinski definition) is 0. The molecule has 3 heterocycles. The molecule has 7 nitrogen and oxygen atoms in total. The van der Waals surface area contributed by atoms with E-state index in [2.05, 4.69) is 20.1 Å². The van der Waals surface area contributed by atoms with Gasteiger partial charge in [-0.1, -0.05) is 30.0 Å². The van der Waals surface area contributed by atoms with Gasteiger partial charge in [0.15, 0.2) is 22.5 Å². The molecule has 9 heteroatoms. The van der Waals surface area contributed by atoms with Crippen LogP contribution >= 0.6 is 23.1 Å². The molecule has 5 aromatic rings. The van der Waals surface area contributed by atoms with E-state index in [0.717, 1.165) is 44.3 Å². The Bertz CT molecular complexity index is 1410. The smallest absolute Gasteiger partial charge is 0.196 e. The van der Waals surface area contributed by atoms with Crippen LogP contribution in [0.4, 0.5) is 0 Å². The molecule has 0 amide bonds. The molecule has 0 saturated carbocycles. The zero-order chi connectivity index (χ0) is 23.5. The summed E-state index contributed by atoms with van der Waals surface area (Å²) in [6.45, 7) is 1.93. The van der Waals surface area contributed by atoms with Crippen LogP contribution < -0.4 is 9.47 Å². The van der Waals surface area contributed by atoms with E-state index >= 15 is 0 Å². The Morgan fingerprint density at radius 1 is 1.00 bits per heavy atom. The molecular weight excluding hydrogens is 468 g/mol. The number of methoxy groups -OCH3 is 2. The third-order valence-electron chi connectivity index (χ3n) is 5.28. The van der Waals surface area contributed by atoms with E-state index in [-0.39, 0.29) is 0 Å². The SMILES string of the molecule is COc1ccc(-c2nc(CSc3nnc(-c4ccoc4C)n3-c3ccccc3)cs2)cc1OC. The normalized spacial score (nSPS) is 11.0. The predicted octanol–water partition coefficient (Wildman–Crippen LogP) is 6.27. The second-order valence-electron chi connectivity index (χ2n) is 7.37. The Labute approximate surface area is 205 Å². The van der Waals surface area contributed by atoms with Gasteiger partial charge in [0.2, 0.25) is 0 Å². The van der Waals surface area contributed by atoms with Crippen LogP contribution in [0.5, 0.6) is 11.5 Å². The van der Waals surface area contributed by atoms with E-state index in [4.69, 9.17) is 18.9 Å². The number of rotatable bonds is 8. The van der Waals surface area contributed by atoms with Crippen molar-refractivity contribution in [2.45, 2.75) is 17.8 Å². The molecule has 34 heavy (non-hydrogen) atoms. The molecule has 0 fully saturated rings. The number of thiazole rings is 1. The lowest BCUT2D eigenvalue weighted by atomic mass is 10.2. The Kier molecular flexibility index (Phi) is 6.37. The van der Waals surface area contributed by atoms with Crippen LogP contribution in [0.2, 0.25) is 0 Å². The van der Waals surface area contributed by atoms with Gasteiger partial charge in [-0.3, -0.25) is 4.57 Å². The summed E-state index contributed by atoms with van der Waals surface area (Å²) in [4.78, 5) is 4.83. The number of para-hydroxylation sites is 1. The minimum atomic E-state index is 0.666. The molecule has 0 N–H and O–H groups in total. The number of benzene rings is 2. The molecule has 0 aliphatic carbocycles. The molecule has 0 atom stereocenters. The number of ether oxygens (including phenoxy) is 2. The average Bonchev–Trinajstić information content (AvgIpc) is 3.62. The average molecular weight is 491 g/mol. The summed E-state index contributed by atoms with van der Waals surface area (Å²) in [5.74, 6) is 3.61. The molecule has 5 rings (SSSR count). The molecule has 0 bridgehead atoms. The Morgan fingerprint density at radius 2 is 1.82 bits per heavy atom. The molecule has 0 unspecified atom stereocenters. The fraction of sp³-hybridized carbons (Fsp3) is 0.160. The maximum atomic E-state index is 5.51. The van der Waals surface area contributed by atoms with Gasteiger partial charge in [0.05, 0.1) is 31.7 Å². The number of thioether (sulfide) groups is 1. The first-order valence-electron chi connectivity index (χ1n) is 10.5. The highest BCUT2D eigenvalue weighted by molar-refractivity contribution is 7.98. The summed E-state index contributed by atoms with van der Waals surface area (Å²) in [6.07, 6.45) is 1.67. The molecule has 0 aliphatic heterocycles. The Balaban J connectivity index is 1.41. The highest BCUT2D eigenvalue weighted by Gasteiger charge is 2.19. The maximum absolute atomic E-state index is 5.51. The topological polar surface area (TPSA) is 75.2 Å². The van der Waals surface area contributed by atoms with Gasteiger partial charge in [-0.2, -0.15) is 0 Å². The molecule has 0 radical (unpaired) electrons. The fourth-order valence-corrected chi connectivity index (χ4v) is 5.34. The van der Waals surface area contributed by atoms with Gasteiger partial charge >= 0.3 is 0 Å². The minimum absolute atomic E-state index is 0.666. The summed E-state index contributed by atoms with van der Waals surface area (Å²) in [5.41, 5.74) is 3.88. The number of furan rings is 1. The number of aryl methyl sites for hydroxylation is 1. The van der Waals surface area contributed by atoms with Gasteiger partial charge in [0, 0.05) is 22.4 Å². The van der Waals surface area contributed by atoms with Crippen LogP contribution in [0, 0.1) is 6.92 Å². The molecule has 172 valence electrons. The van der Waals surface area contributed by atoms with Crippen molar-refractivity contribution in [3.8, 4) is 39.1 Å². The number of hydrogen-bond acceptors (Lipinski definition) is 8. The van der Waals surface area contributed by atoms with Crippen molar-refractivity contribution in [2.24, 2.45) is 0 Å². The first-order valence-corrected chi connectivity index (χ1v) is 12.4. The van der Waals surface area contributed by atoms with Crippen molar-refractivity contribution >= 4 is 23.1 Å². The molecule has 2 aromatic carbocycles. The van der Waals surface area contributed by atoms with Crippen molar-refractivity contribution in [1.82, 2.24) is 19.7 Å². The number of nitrogens with zero attached hydrogens (tertiary/aromatic N) is 4. The second-order valence-corrected chi connectivity index (χ2v) is 9.17. The lowest BCUT2D eigenvalue weighted by Crippen LogP contribution is -1.99. The Hall–Kier alpha value is -3.56. The summed E-state index contributed by atoms with van der Waals surface area (Å²) in [6, 6.07) is 17.8. The quantitative estimate of drug-likeness (QED) is 0.237. The molecule has 0 saturated heterocycles. The molecule has 3 aromatic heterocycles. The van der Waals surface area contributed by atoms with Gasteiger partial charge in [-0.05, 0) is 43.3 Å². The van der Waals surface area contributed by atoms with Gasteiger partial charge in [0.25, 0.3) is 0 Å². The van der Waals surface area contributed by atoms with Crippen molar-refractivity contribution < 1.29 is 13.9 Å². The Morgan fingerprint density at radius 3 is 2.56 bits per heavy atom. The zero-order valence-corrected chi connectivity index (χ0v) is 20.5. The van der Waals surface area contributed by atoms with Crippen LogP contribution in [0.1, 0.15) is 11.5 Å². The van der Waals surface area contributed by atoms with Crippen molar-refractivity contribution in [3.05, 3.63) is 77.7 Å². The first-order chi connectivity index (χ1) is 16.7. The maximum Gasteiger partial charge on any atom is 0.196 e. The molecule has 0 aliphatic rings. The molecular formula is C25H22N4O3S2. The van der Waals surface area contributed by atoms with Crippen LogP contribution in [-0.4, -0.2) is 34.0 Å². The monoisotopic (exact) mass is 490 g/mol. The minimum Gasteiger partial charge on any atom is -0.493 e. The highest BCUT2D eigenvalue weighted by atomic mass is 32.2. The van der Waals surface area contributed by atoms with E-state index < -0.39 is 0 Å². The zero-order valence-electron chi connectivity index (χ0n) is 18.9. The van der Waals surface area contributed by atoms with E-state index in [9.17, 15) is 0 Å². The van der Waals surface area contributed by atoms with E-state index in [1.807, 2.05) is 61.5 Å². The summed E-state index contributed by atoms with van der Waals surface area (Å²) in [7, 11) is 3.26. The van der Waals surface area contributed by atoms with Crippen LogP contribution in [-0.2, 0) is 5.75 Å².